The Balaban J connectivity index is 0. The van der Waals surface area contributed by atoms with Gasteiger partial charge in [0.2, 0.25) is 0 Å². The number of carboxylic acids is 1. The van der Waals surface area contributed by atoms with Crippen LogP contribution in [0.25, 0.3) is 0 Å². The largest absolute Gasteiger partial charge is 0.481 e. The first kappa shape index (κ1) is 17.7. The summed E-state index contributed by atoms with van der Waals surface area (Å²) in [5.74, 6) is -0.963. The van der Waals surface area contributed by atoms with E-state index in [2.05, 4.69) is 0 Å². The van der Waals surface area contributed by atoms with Crippen LogP contribution in [0.5, 0.6) is 0 Å². The molecule has 0 amide bonds. The highest BCUT2D eigenvalue weighted by Gasteiger charge is 2.26. The second-order valence-corrected chi connectivity index (χ2v) is 3.58. The topological polar surface area (TPSA) is 138 Å². The van der Waals surface area contributed by atoms with Gasteiger partial charge in [-0.1, -0.05) is 0 Å². The van der Waals surface area contributed by atoms with Gasteiger partial charge >= 0.3 is 5.97 Å². The Bertz CT molecular complexity index is 159. The highest BCUT2D eigenvalue weighted by atomic mass is 16.4. The Kier molecular flexibility index (Phi) is 10.5. The maximum Gasteiger partial charge on any atom is 0.305 e. The smallest absolute Gasteiger partial charge is 0.305 e. The van der Waals surface area contributed by atoms with Crippen molar-refractivity contribution in [1.29, 1.82) is 0 Å². The zero-order chi connectivity index (χ0) is 13.2. The molecular weight excluding hydrogens is 220 g/mol. The Morgan fingerprint density at radius 2 is 1.38 bits per heavy atom. The van der Waals surface area contributed by atoms with E-state index in [4.69, 9.17) is 30.6 Å². The molecule has 0 heterocycles. The number of aliphatic carboxylic acids is 1. The highest BCUT2D eigenvalue weighted by molar-refractivity contribution is 5.67. The van der Waals surface area contributed by atoms with Crippen molar-refractivity contribution in [3.8, 4) is 0 Å². The number of rotatable bonds is 6. The van der Waals surface area contributed by atoms with Crippen molar-refractivity contribution in [2.75, 3.05) is 26.4 Å². The fourth-order valence-corrected chi connectivity index (χ4v) is 0.553. The van der Waals surface area contributed by atoms with Gasteiger partial charge in [-0.15, -0.1) is 0 Å². The SMILES string of the molecule is CC(O)CC(=O)O.OCC(CO)(CO)CO. The number of carboxylic acid groups (broad SMARTS) is 1. The summed E-state index contributed by atoms with van der Waals surface area (Å²) in [5, 5.41) is 50.3. The van der Waals surface area contributed by atoms with Crippen LogP contribution in [0.4, 0.5) is 0 Å². The van der Waals surface area contributed by atoms with E-state index in [9.17, 15) is 4.79 Å². The molecule has 0 radical (unpaired) electrons. The van der Waals surface area contributed by atoms with Gasteiger partial charge in [-0.25, -0.2) is 0 Å². The van der Waals surface area contributed by atoms with Gasteiger partial charge < -0.3 is 30.6 Å². The first-order valence-corrected chi connectivity index (χ1v) is 4.70. The number of hydrogen-bond donors (Lipinski definition) is 6. The summed E-state index contributed by atoms with van der Waals surface area (Å²) in [4.78, 5) is 9.65. The van der Waals surface area contributed by atoms with Crippen LogP contribution in [0.2, 0.25) is 0 Å². The molecule has 7 nitrogen and oxygen atoms in total. The first-order chi connectivity index (χ1) is 7.37. The molecule has 0 aromatic heterocycles. The van der Waals surface area contributed by atoms with Gasteiger partial charge in [0.15, 0.2) is 0 Å². The van der Waals surface area contributed by atoms with E-state index in [-0.39, 0.29) is 6.42 Å². The summed E-state index contributed by atoms with van der Waals surface area (Å²) in [6.07, 6.45) is -0.891. The lowest BCUT2D eigenvalue weighted by Gasteiger charge is -2.23. The minimum atomic E-state index is -1.11. The van der Waals surface area contributed by atoms with Gasteiger partial charge in [0.05, 0.1) is 44.4 Å². The van der Waals surface area contributed by atoms with Crippen molar-refractivity contribution < 1.29 is 35.4 Å². The molecule has 0 aromatic rings. The number of carbonyl (C=O) groups is 1. The third kappa shape index (κ3) is 8.57. The summed E-state index contributed by atoms with van der Waals surface area (Å²) in [6.45, 7) is -0.186. The Morgan fingerprint density at radius 1 is 1.06 bits per heavy atom. The maximum absolute atomic E-state index is 9.65. The van der Waals surface area contributed by atoms with E-state index >= 15 is 0 Å². The van der Waals surface area contributed by atoms with E-state index in [1.165, 1.54) is 6.92 Å². The number of aliphatic hydroxyl groups excluding tert-OH is 5. The van der Waals surface area contributed by atoms with Gasteiger partial charge in [-0.3, -0.25) is 4.79 Å². The molecule has 0 fully saturated rings. The fraction of sp³-hybridized carbons (Fsp3) is 0.889. The highest BCUT2D eigenvalue weighted by Crippen LogP contribution is 2.11. The van der Waals surface area contributed by atoms with E-state index in [0.29, 0.717) is 0 Å². The van der Waals surface area contributed by atoms with Crippen LogP contribution in [-0.2, 0) is 4.79 Å². The van der Waals surface area contributed by atoms with Crippen molar-refractivity contribution in [2.45, 2.75) is 19.4 Å². The van der Waals surface area contributed by atoms with Crippen LogP contribution in [-0.4, -0.2) is 69.1 Å². The van der Waals surface area contributed by atoms with Crippen molar-refractivity contribution in [3.63, 3.8) is 0 Å². The minimum Gasteiger partial charge on any atom is -0.481 e. The Hall–Kier alpha value is -0.730. The van der Waals surface area contributed by atoms with Crippen LogP contribution >= 0.6 is 0 Å². The molecule has 0 saturated carbocycles. The van der Waals surface area contributed by atoms with Crippen molar-refractivity contribution in [1.82, 2.24) is 0 Å². The van der Waals surface area contributed by atoms with Gasteiger partial charge in [-0.05, 0) is 6.92 Å². The predicted octanol–water partition coefficient (Wildman–Crippen LogP) is -2.22. The fourth-order valence-electron chi connectivity index (χ4n) is 0.553. The van der Waals surface area contributed by atoms with Gasteiger partial charge in [0, 0.05) is 0 Å². The molecular formula is C9H20O7. The lowest BCUT2D eigenvalue weighted by atomic mass is 9.93. The van der Waals surface area contributed by atoms with Crippen LogP contribution in [0, 0.1) is 5.41 Å². The molecule has 7 heteroatoms. The van der Waals surface area contributed by atoms with Gasteiger partial charge in [0.25, 0.3) is 0 Å². The molecule has 0 bridgehead atoms. The zero-order valence-electron chi connectivity index (χ0n) is 9.20. The normalized spacial score (nSPS) is 12.6. The van der Waals surface area contributed by atoms with Crippen LogP contribution < -0.4 is 0 Å². The van der Waals surface area contributed by atoms with Crippen molar-refractivity contribution >= 4 is 5.97 Å². The summed E-state index contributed by atoms with van der Waals surface area (Å²) in [6, 6.07) is 0. The van der Waals surface area contributed by atoms with Crippen LogP contribution in [0.15, 0.2) is 0 Å². The standard InChI is InChI=1S/C5H12O4.C4H8O3/c6-1-5(2-7,3-8)4-9;1-3(5)2-4(6)7/h6-9H,1-4H2;3,5H,2H2,1H3,(H,6,7). The quantitative estimate of drug-likeness (QED) is 0.309. The first-order valence-electron chi connectivity index (χ1n) is 4.70. The number of hydrogen-bond acceptors (Lipinski definition) is 6. The molecule has 0 saturated heterocycles. The molecule has 98 valence electrons. The van der Waals surface area contributed by atoms with Gasteiger partial charge in [-0.2, -0.15) is 0 Å². The molecule has 0 rings (SSSR count). The summed E-state index contributed by atoms with van der Waals surface area (Å²) in [7, 11) is 0. The zero-order valence-corrected chi connectivity index (χ0v) is 9.20. The third-order valence-electron chi connectivity index (χ3n) is 1.81. The lowest BCUT2D eigenvalue weighted by Crippen LogP contribution is -2.37. The molecule has 0 aliphatic carbocycles. The van der Waals surface area contributed by atoms with E-state index in [1.807, 2.05) is 0 Å². The average molecular weight is 240 g/mol. The minimum absolute atomic E-state index is 0.167. The van der Waals surface area contributed by atoms with E-state index in [0.717, 1.165) is 0 Å². The summed E-state index contributed by atoms with van der Waals surface area (Å²) >= 11 is 0. The molecule has 0 aliphatic rings. The van der Waals surface area contributed by atoms with Gasteiger partial charge in [0.1, 0.15) is 0 Å². The molecule has 16 heavy (non-hydrogen) atoms. The molecule has 1 atom stereocenters. The monoisotopic (exact) mass is 240 g/mol. The van der Waals surface area contributed by atoms with E-state index < -0.39 is 43.9 Å². The second kappa shape index (κ2) is 9.49. The maximum atomic E-state index is 9.65. The summed E-state index contributed by atoms with van der Waals surface area (Å²) in [5.41, 5.74) is -1.11. The van der Waals surface area contributed by atoms with Crippen LogP contribution in [0.3, 0.4) is 0 Å². The average Bonchev–Trinajstić information content (AvgIpc) is 2.21. The number of aliphatic hydroxyl groups is 5. The third-order valence-corrected chi connectivity index (χ3v) is 1.81. The molecule has 1 unspecified atom stereocenters. The van der Waals surface area contributed by atoms with Crippen molar-refractivity contribution in [3.05, 3.63) is 0 Å². The van der Waals surface area contributed by atoms with Crippen LogP contribution in [0.1, 0.15) is 13.3 Å². The molecule has 0 aromatic carbocycles. The predicted molar refractivity (Wildman–Crippen MR) is 54.7 cm³/mol. The molecule has 0 aliphatic heterocycles. The van der Waals surface area contributed by atoms with Crippen molar-refractivity contribution in [2.24, 2.45) is 5.41 Å². The molecule has 0 spiro atoms. The lowest BCUT2D eigenvalue weighted by molar-refractivity contribution is -0.138. The Morgan fingerprint density at radius 3 is 1.38 bits per heavy atom. The Labute approximate surface area is 93.6 Å². The summed E-state index contributed by atoms with van der Waals surface area (Å²) < 4.78 is 0. The molecule has 6 N–H and O–H groups in total. The second-order valence-electron chi connectivity index (χ2n) is 3.58. The van der Waals surface area contributed by atoms with E-state index in [1.54, 1.807) is 0 Å².